The SMILES string of the molecule is CC[C@H](NC(=O)[C@H]1C[C@@]12CCOc1ccc(OC)cc12)c1noc(C)n1. The molecule has 26 heavy (non-hydrogen) atoms. The summed E-state index contributed by atoms with van der Waals surface area (Å²) in [6.07, 6.45) is 2.37. The van der Waals surface area contributed by atoms with Gasteiger partial charge in [0.1, 0.15) is 11.5 Å². The number of carbonyl (C=O) groups is 1. The third kappa shape index (κ3) is 2.71. The summed E-state index contributed by atoms with van der Waals surface area (Å²) in [5, 5.41) is 7.04. The maximum Gasteiger partial charge on any atom is 0.224 e. The van der Waals surface area contributed by atoms with Crippen molar-refractivity contribution in [3.05, 3.63) is 35.5 Å². The summed E-state index contributed by atoms with van der Waals surface area (Å²) in [7, 11) is 1.65. The monoisotopic (exact) mass is 357 g/mol. The molecule has 2 aromatic rings. The number of benzene rings is 1. The number of carbonyl (C=O) groups excluding carboxylic acids is 1. The second-order valence-corrected chi connectivity index (χ2v) is 7.01. The Kier molecular flexibility index (Phi) is 4.09. The highest BCUT2D eigenvalue weighted by Gasteiger charge is 2.61. The van der Waals surface area contributed by atoms with E-state index in [1.165, 1.54) is 0 Å². The molecular formula is C19H23N3O4. The lowest BCUT2D eigenvalue weighted by atomic mass is 9.87. The molecule has 4 rings (SSSR count). The van der Waals surface area contributed by atoms with E-state index in [4.69, 9.17) is 14.0 Å². The van der Waals surface area contributed by atoms with Crippen LogP contribution in [-0.2, 0) is 10.2 Å². The average molecular weight is 357 g/mol. The summed E-state index contributed by atoms with van der Waals surface area (Å²) < 4.78 is 16.2. The zero-order valence-corrected chi connectivity index (χ0v) is 15.2. The van der Waals surface area contributed by atoms with Crippen molar-refractivity contribution in [2.24, 2.45) is 5.92 Å². The number of methoxy groups -OCH3 is 1. The van der Waals surface area contributed by atoms with Crippen molar-refractivity contribution in [2.45, 2.75) is 44.6 Å². The number of hydrogen-bond donors (Lipinski definition) is 1. The van der Waals surface area contributed by atoms with Crippen LogP contribution in [0.5, 0.6) is 11.5 Å². The van der Waals surface area contributed by atoms with Crippen molar-refractivity contribution < 1.29 is 18.8 Å². The highest BCUT2D eigenvalue weighted by atomic mass is 16.5. The van der Waals surface area contributed by atoms with Crippen molar-refractivity contribution in [3.63, 3.8) is 0 Å². The van der Waals surface area contributed by atoms with Crippen molar-refractivity contribution in [1.82, 2.24) is 15.5 Å². The van der Waals surface area contributed by atoms with Crippen LogP contribution in [0.3, 0.4) is 0 Å². The Labute approximate surface area is 152 Å². The molecule has 1 aliphatic carbocycles. The highest BCUT2D eigenvalue weighted by molar-refractivity contribution is 5.85. The summed E-state index contributed by atoms with van der Waals surface area (Å²) in [4.78, 5) is 17.2. The van der Waals surface area contributed by atoms with E-state index in [1.807, 2.05) is 25.1 Å². The summed E-state index contributed by atoms with van der Waals surface area (Å²) in [5.41, 5.74) is 0.921. The maximum absolute atomic E-state index is 12.9. The van der Waals surface area contributed by atoms with Gasteiger partial charge >= 0.3 is 0 Å². The maximum atomic E-state index is 12.9. The first kappa shape index (κ1) is 16.9. The smallest absolute Gasteiger partial charge is 0.224 e. The molecule has 2 aliphatic rings. The molecular weight excluding hydrogens is 334 g/mol. The molecule has 138 valence electrons. The summed E-state index contributed by atoms with van der Waals surface area (Å²) in [6.45, 7) is 4.37. The van der Waals surface area contributed by atoms with Crippen molar-refractivity contribution >= 4 is 5.91 Å². The molecule has 3 atom stereocenters. The molecule has 1 spiro atoms. The zero-order chi connectivity index (χ0) is 18.3. The Morgan fingerprint density at radius 1 is 1.50 bits per heavy atom. The van der Waals surface area contributed by atoms with Crippen LogP contribution in [-0.4, -0.2) is 29.8 Å². The first-order chi connectivity index (χ1) is 12.6. The van der Waals surface area contributed by atoms with Crippen LogP contribution < -0.4 is 14.8 Å². The van der Waals surface area contributed by atoms with Gasteiger partial charge in [0, 0.05) is 23.8 Å². The largest absolute Gasteiger partial charge is 0.497 e. The predicted octanol–water partition coefficient (Wildman–Crippen LogP) is 2.69. The van der Waals surface area contributed by atoms with E-state index >= 15 is 0 Å². The fourth-order valence-corrected chi connectivity index (χ4v) is 3.93. The number of fused-ring (bicyclic) bond motifs is 2. The van der Waals surface area contributed by atoms with E-state index < -0.39 is 0 Å². The van der Waals surface area contributed by atoms with Gasteiger partial charge in [-0.1, -0.05) is 12.1 Å². The van der Waals surface area contributed by atoms with Crippen LogP contribution in [0, 0.1) is 12.8 Å². The highest BCUT2D eigenvalue weighted by Crippen LogP contribution is 2.61. The third-order valence-electron chi connectivity index (χ3n) is 5.50. The Balaban J connectivity index is 1.54. The summed E-state index contributed by atoms with van der Waals surface area (Å²) >= 11 is 0. The van der Waals surface area contributed by atoms with E-state index in [-0.39, 0.29) is 23.3 Å². The quantitative estimate of drug-likeness (QED) is 0.885. The lowest BCUT2D eigenvalue weighted by molar-refractivity contribution is -0.123. The number of nitrogens with one attached hydrogen (secondary N) is 1. The van der Waals surface area contributed by atoms with Gasteiger partial charge < -0.3 is 19.3 Å². The lowest BCUT2D eigenvalue weighted by Gasteiger charge is -2.27. The fourth-order valence-electron chi connectivity index (χ4n) is 3.93. The number of aromatic nitrogens is 2. The number of ether oxygens (including phenoxy) is 2. The van der Waals surface area contributed by atoms with Gasteiger partial charge in [0.2, 0.25) is 11.8 Å². The van der Waals surface area contributed by atoms with Gasteiger partial charge in [0.15, 0.2) is 5.82 Å². The number of hydrogen-bond acceptors (Lipinski definition) is 6. The Bertz CT molecular complexity index is 834. The van der Waals surface area contributed by atoms with Crippen LogP contribution in [0.15, 0.2) is 22.7 Å². The van der Waals surface area contributed by atoms with Gasteiger partial charge in [-0.05, 0) is 37.5 Å². The molecule has 0 saturated heterocycles. The second-order valence-electron chi connectivity index (χ2n) is 7.01. The molecule has 0 bridgehead atoms. The van der Waals surface area contributed by atoms with E-state index in [0.717, 1.165) is 29.9 Å². The lowest BCUT2D eigenvalue weighted by Crippen LogP contribution is -2.34. The van der Waals surface area contributed by atoms with E-state index in [9.17, 15) is 4.79 Å². The molecule has 1 saturated carbocycles. The second kappa shape index (κ2) is 6.30. The molecule has 1 aromatic heterocycles. The Hall–Kier alpha value is -2.57. The standard InChI is InChI=1S/C19H23N3O4/c1-4-15(17-20-11(2)26-22-17)21-18(23)14-10-19(14)7-8-25-16-6-5-12(24-3)9-13(16)19/h5-6,9,14-15H,4,7-8,10H2,1-3H3,(H,21,23)/t14-,15+,19-/m1/s1. The van der Waals surface area contributed by atoms with Crippen LogP contribution in [0.4, 0.5) is 0 Å². The van der Waals surface area contributed by atoms with Crippen molar-refractivity contribution in [3.8, 4) is 11.5 Å². The topological polar surface area (TPSA) is 86.5 Å². The normalized spacial score (nSPS) is 24.5. The summed E-state index contributed by atoms with van der Waals surface area (Å²) in [6, 6.07) is 5.59. The van der Waals surface area contributed by atoms with E-state index in [2.05, 4.69) is 15.5 Å². The molecule has 1 N–H and O–H groups in total. The minimum Gasteiger partial charge on any atom is -0.497 e. The molecule has 0 unspecified atom stereocenters. The van der Waals surface area contributed by atoms with Gasteiger partial charge in [-0.2, -0.15) is 4.98 Å². The molecule has 7 nitrogen and oxygen atoms in total. The van der Waals surface area contributed by atoms with E-state index in [0.29, 0.717) is 24.7 Å². The Morgan fingerprint density at radius 2 is 2.35 bits per heavy atom. The van der Waals surface area contributed by atoms with Gasteiger partial charge in [-0.3, -0.25) is 4.79 Å². The van der Waals surface area contributed by atoms with Crippen LogP contribution in [0.2, 0.25) is 0 Å². The number of nitrogens with zero attached hydrogens (tertiary/aromatic N) is 2. The number of rotatable bonds is 5. The van der Waals surface area contributed by atoms with Crippen LogP contribution in [0.25, 0.3) is 0 Å². The fraction of sp³-hybridized carbons (Fsp3) is 0.526. The number of amides is 1. The van der Waals surface area contributed by atoms with Gasteiger partial charge in [-0.15, -0.1) is 0 Å². The van der Waals surface area contributed by atoms with Crippen molar-refractivity contribution in [1.29, 1.82) is 0 Å². The van der Waals surface area contributed by atoms with Gasteiger partial charge in [-0.25, -0.2) is 0 Å². The number of aryl methyl sites for hydroxylation is 1. The molecule has 0 radical (unpaired) electrons. The van der Waals surface area contributed by atoms with Crippen LogP contribution >= 0.6 is 0 Å². The minimum absolute atomic E-state index is 0.0370. The van der Waals surface area contributed by atoms with Crippen LogP contribution in [0.1, 0.15) is 49.5 Å². The van der Waals surface area contributed by atoms with Gasteiger partial charge in [0.25, 0.3) is 0 Å². The minimum atomic E-state index is -0.234. The first-order valence-corrected chi connectivity index (χ1v) is 8.99. The molecule has 1 aliphatic heterocycles. The first-order valence-electron chi connectivity index (χ1n) is 8.99. The molecule has 7 heteroatoms. The zero-order valence-electron chi connectivity index (χ0n) is 15.2. The molecule has 2 heterocycles. The summed E-state index contributed by atoms with van der Waals surface area (Å²) in [5.74, 6) is 2.64. The molecule has 1 aromatic carbocycles. The van der Waals surface area contributed by atoms with Gasteiger partial charge in [0.05, 0.1) is 19.8 Å². The predicted molar refractivity (Wildman–Crippen MR) is 93.1 cm³/mol. The van der Waals surface area contributed by atoms with E-state index in [1.54, 1.807) is 14.0 Å². The molecule has 1 fully saturated rings. The third-order valence-corrected chi connectivity index (χ3v) is 5.50. The Morgan fingerprint density at radius 3 is 3.04 bits per heavy atom. The van der Waals surface area contributed by atoms with Crippen molar-refractivity contribution in [2.75, 3.05) is 13.7 Å². The average Bonchev–Trinajstić information content (AvgIpc) is 3.21. The molecule has 1 amide bonds.